The summed E-state index contributed by atoms with van der Waals surface area (Å²) in [6, 6.07) is 3.71. The van der Waals surface area contributed by atoms with Gasteiger partial charge >= 0.3 is 0 Å². The van der Waals surface area contributed by atoms with Crippen molar-refractivity contribution in [3.05, 3.63) is 23.8 Å². The molecule has 0 saturated carbocycles. The zero-order valence-corrected chi connectivity index (χ0v) is 11.2. The molecule has 0 unspecified atom stereocenters. The number of fused-ring (bicyclic) bond motifs is 1. The van der Waals surface area contributed by atoms with E-state index in [1.54, 1.807) is 24.5 Å². The maximum Gasteiger partial charge on any atom is 0.216 e. The van der Waals surface area contributed by atoms with Crippen molar-refractivity contribution in [2.75, 3.05) is 19.5 Å². The van der Waals surface area contributed by atoms with Gasteiger partial charge in [0.05, 0.1) is 12.5 Å². The summed E-state index contributed by atoms with van der Waals surface area (Å²) in [5.41, 5.74) is 0.638. The fraction of sp³-hybridized carbons (Fsp3) is 0.167. The summed E-state index contributed by atoms with van der Waals surface area (Å²) in [7, 11) is 3.40. The number of nitrogens with one attached hydrogen (secondary N) is 1. The van der Waals surface area contributed by atoms with Gasteiger partial charge in [0, 0.05) is 13.1 Å². The maximum absolute atomic E-state index is 5.09. The topological polar surface area (TPSA) is 72.8 Å². The molecular formula is C12H11N5OS. The zero-order valence-electron chi connectivity index (χ0n) is 10.4. The fourth-order valence-corrected chi connectivity index (χ4v) is 2.50. The van der Waals surface area contributed by atoms with Crippen LogP contribution in [-0.2, 0) is 0 Å². The highest BCUT2D eigenvalue weighted by Gasteiger charge is 2.11. The molecule has 3 rings (SSSR count). The van der Waals surface area contributed by atoms with Gasteiger partial charge < -0.3 is 10.1 Å². The molecule has 0 amide bonds. The van der Waals surface area contributed by atoms with Crippen molar-refractivity contribution < 1.29 is 4.74 Å². The second-order valence-electron chi connectivity index (χ2n) is 3.73. The summed E-state index contributed by atoms with van der Waals surface area (Å²) in [5.74, 6) is 1.84. The Morgan fingerprint density at radius 3 is 2.95 bits per heavy atom. The standard InChI is InChI=1S/C12H11N5OS/c1-13-10-7-3-4-19-12(7)17-11(16-10)8-5-9(18-2)15-6-14-8/h3-6H,1-2H3,(H,13,16,17). The van der Waals surface area contributed by atoms with E-state index in [2.05, 4.69) is 25.3 Å². The Kier molecular flexibility index (Phi) is 2.96. The smallest absolute Gasteiger partial charge is 0.216 e. The number of aromatic nitrogens is 4. The minimum absolute atomic E-state index is 0.492. The molecule has 0 aliphatic heterocycles. The lowest BCUT2D eigenvalue weighted by atomic mass is 10.3. The summed E-state index contributed by atoms with van der Waals surface area (Å²) in [6.45, 7) is 0. The number of methoxy groups -OCH3 is 1. The second kappa shape index (κ2) is 4.77. The minimum atomic E-state index is 0.492. The van der Waals surface area contributed by atoms with E-state index in [9.17, 15) is 0 Å². The first-order valence-electron chi connectivity index (χ1n) is 5.61. The number of nitrogens with zero attached hydrogens (tertiary/aromatic N) is 4. The van der Waals surface area contributed by atoms with Crippen LogP contribution in [0.4, 0.5) is 5.82 Å². The van der Waals surface area contributed by atoms with E-state index in [1.165, 1.54) is 6.33 Å². The van der Waals surface area contributed by atoms with Gasteiger partial charge in [-0.2, -0.15) is 0 Å². The Hall–Kier alpha value is -2.28. The largest absolute Gasteiger partial charge is 0.481 e. The third kappa shape index (κ3) is 2.08. The number of hydrogen-bond acceptors (Lipinski definition) is 7. The lowest BCUT2D eigenvalue weighted by Gasteiger charge is -2.05. The summed E-state index contributed by atoms with van der Waals surface area (Å²) in [4.78, 5) is 18.1. The number of anilines is 1. The third-order valence-corrected chi connectivity index (χ3v) is 3.45. The summed E-state index contributed by atoms with van der Waals surface area (Å²) < 4.78 is 5.09. The van der Waals surface area contributed by atoms with Crippen LogP contribution in [0.25, 0.3) is 21.7 Å². The lowest BCUT2D eigenvalue weighted by molar-refractivity contribution is 0.397. The number of thiophene rings is 1. The highest BCUT2D eigenvalue weighted by Crippen LogP contribution is 2.27. The van der Waals surface area contributed by atoms with Crippen LogP contribution in [0.5, 0.6) is 5.88 Å². The van der Waals surface area contributed by atoms with E-state index in [4.69, 9.17) is 4.74 Å². The van der Waals surface area contributed by atoms with Gasteiger partial charge in [0.25, 0.3) is 0 Å². The monoisotopic (exact) mass is 273 g/mol. The summed E-state index contributed by atoms with van der Waals surface area (Å²) in [6.07, 6.45) is 1.44. The van der Waals surface area contributed by atoms with Crippen molar-refractivity contribution in [2.45, 2.75) is 0 Å². The zero-order chi connectivity index (χ0) is 13.2. The number of rotatable bonds is 3. The summed E-state index contributed by atoms with van der Waals surface area (Å²) >= 11 is 1.57. The molecule has 19 heavy (non-hydrogen) atoms. The molecule has 0 fully saturated rings. The Morgan fingerprint density at radius 1 is 1.26 bits per heavy atom. The minimum Gasteiger partial charge on any atom is -0.481 e. The van der Waals surface area contributed by atoms with Crippen LogP contribution in [-0.4, -0.2) is 34.1 Å². The van der Waals surface area contributed by atoms with E-state index < -0.39 is 0 Å². The molecule has 3 heterocycles. The van der Waals surface area contributed by atoms with Crippen molar-refractivity contribution >= 4 is 27.4 Å². The molecule has 1 N–H and O–H groups in total. The first kappa shape index (κ1) is 11.8. The number of hydrogen-bond donors (Lipinski definition) is 1. The van der Waals surface area contributed by atoms with Gasteiger partial charge in [-0.1, -0.05) is 0 Å². The summed E-state index contributed by atoms with van der Waals surface area (Å²) in [5, 5.41) is 6.08. The van der Waals surface area contributed by atoms with Crippen LogP contribution in [0.15, 0.2) is 23.8 Å². The molecule has 0 aromatic carbocycles. The predicted octanol–water partition coefficient (Wildman–Crippen LogP) is 2.20. The van der Waals surface area contributed by atoms with Gasteiger partial charge in [-0.05, 0) is 11.4 Å². The molecule has 0 atom stereocenters. The van der Waals surface area contributed by atoms with E-state index >= 15 is 0 Å². The predicted molar refractivity (Wildman–Crippen MR) is 74.5 cm³/mol. The normalized spacial score (nSPS) is 10.6. The van der Waals surface area contributed by atoms with Crippen molar-refractivity contribution in [2.24, 2.45) is 0 Å². The molecule has 3 aromatic rings. The van der Waals surface area contributed by atoms with Gasteiger partial charge in [-0.15, -0.1) is 11.3 Å². The van der Waals surface area contributed by atoms with Crippen LogP contribution in [0.2, 0.25) is 0 Å². The Balaban J connectivity index is 2.18. The average molecular weight is 273 g/mol. The van der Waals surface area contributed by atoms with Crippen molar-refractivity contribution in [1.29, 1.82) is 0 Å². The van der Waals surface area contributed by atoms with Gasteiger partial charge in [-0.3, -0.25) is 0 Å². The van der Waals surface area contributed by atoms with Crippen LogP contribution in [0, 0.1) is 0 Å². The first-order chi connectivity index (χ1) is 9.31. The maximum atomic E-state index is 5.09. The van der Waals surface area contributed by atoms with Crippen molar-refractivity contribution in [1.82, 2.24) is 19.9 Å². The Labute approximate surface area is 113 Å². The molecule has 0 spiro atoms. The highest BCUT2D eigenvalue weighted by molar-refractivity contribution is 7.16. The van der Waals surface area contributed by atoms with E-state index in [-0.39, 0.29) is 0 Å². The molecule has 6 nitrogen and oxygen atoms in total. The first-order valence-corrected chi connectivity index (χ1v) is 6.49. The van der Waals surface area contributed by atoms with Gasteiger partial charge in [0.15, 0.2) is 5.82 Å². The molecule has 7 heteroatoms. The molecule has 0 aliphatic rings. The van der Waals surface area contributed by atoms with Gasteiger partial charge in [-0.25, -0.2) is 19.9 Å². The van der Waals surface area contributed by atoms with Crippen LogP contribution in [0.1, 0.15) is 0 Å². The van der Waals surface area contributed by atoms with Gasteiger partial charge in [0.2, 0.25) is 5.88 Å². The van der Waals surface area contributed by atoms with E-state index in [0.29, 0.717) is 17.4 Å². The second-order valence-corrected chi connectivity index (χ2v) is 4.63. The molecule has 3 aromatic heterocycles. The highest BCUT2D eigenvalue weighted by atomic mass is 32.1. The van der Waals surface area contributed by atoms with Crippen molar-refractivity contribution in [3.63, 3.8) is 0 Å². The average Bonchev–Trinajstić information content (AvgIpc) is 2.94. The van der Waals surface area contributed by atoms with Gasteiger partial charge in [0.1, 0.15) is 22.7 Å². The van der Waals surface area contributed by atoms with E-state index in [1.807, 2.05) is 18.5 Å². The lowest BCUT2D eigenvalue weighted by Crippen LogP contribution is -1.99. The van der Waals surface area contributed by atoms with E-state index in [0.717, 1.165) is 16.0 Å². The fourth-order valence-electron chi connectivity index (χ4n) is 1.73. The van der Waals surface area contributed by atoms with Crippen LogP contribution in [0.3, 0.4) is 0 Å². The molecule has 0 radical (unpaired) electrons. The molecular weight excluding hydrogens is 262 g/mol. The number of ether oxygens (including phenoxy) is 1. The molecule has 0 saturated heterocycles. The molecule has 0 aliphatic carbocycles. The van der Waals surface area contributed by atoms with Crippen LogP contribution >= 0.6 is 11.3 Å². The van der Waals surface area contributed by atoms with Crippen molar-refractivity contribution in [3.8, 4) is 17.4 Å². The quantitative estimate of drug-likeness (QED) is 0.788. The molecule has 0 bridgehead atoms. The Morgan fingerprint density at radius 2 is 2.16 bits per heavy atom. The third-order valence-electron chi connectivity index (χ3n) is 2.64. The Bertz CT molecular complexity index is 727. The SMILES string of the molecule is CNc1nc(-c2cc(OC)ncn2)nc2sccc12. The van der Waals surface area contributed by atoms with Crippen LogP contribution < -0.4 is 10.1 Å². The molecule has 96 valence electrons.